The van der Waals surface area contributed by atoms with Crippen LogP contribution in [0, 0.1) is 0 Å². The van der Waals surface area contributed by atoms with E-state index < -0.39 is 0 Å². The van der Waals surface area contributed by atoms with Gasteiger partial charge >= 0.3 is 0 Å². The topological polar surface area (TPSA) is 61.9 Å². The van der Waals surface area contributed by atoms with Crippen LogP contribution in [0.2, 0.25) is 0 Å². The maximum Gasteiger partial charge on any atom is 0.254 e. The van der Waals surface area contributed by atoms with Gasteiger partial charge < -0.3 is 4.98 Å². The molecular formula is C21H28N4O. The summed E-state index contributed by atoms with van der Waals surface area (Å²) in [6.45, 7) is 9.31. The summed E-state index contributed by atoms with van der Waals surface area (Å²) in [4.78, 5) is 27.5. The zero-order valence-corrected chi connectivity index (χ0v) is 16.0. The van der Waals surface area contributed by atoms with Crippen LogP contribution >= 0.6 is 0 Å². The van der Waals surface area contributed by atoms with Crippen molar-refractivity contribution in [3.8, 4) is 0 Å². The molecule has 1 saturated heterocycles. The first kappa shape index (κ1) is 17.4. The molecule has 1 spiro atoms. The van der Waals surface area contributed by atoms with E-state index in [2.05, 4.69) is 41.7 Å². The smallest absolute Gasteiger partial charge is 0.254 e. The lowest BCUT2D eigenvalue weighted by Crippen LogP contribution is -2.45. The van der Waals surface area contributed by atoms with Crippen LogP contribution in [0.15, 0.2) is 29.3 Å². The van der Waals surface area contributed by atoms with Crippen LogP contribution < -0.4 is 5.56 Å². The molecule has 0 radical (unpaired) electrons. The second-order valence-corrected chi connectivity index (χ2v) is 8.95. The number of likely N-dealkylation sites (tertiary alicyclic amines) is 1. The average Bonchev–Trinajstić information content (AvgIpc) is 2.94. The quantitative estimate of drug-likeness (QED) is 0.903. The molecule has 2 aromatic heterocycles. The zero-order chi connectivity index (χ0) is 18.4. The number of pyridine rings is 1. The summed E-state index contributed by atoms with van der Waals surface area (Å²) in [6, 6.07) is 4.13. The third kappa shape index (κ3) is 3.09. The maximum atomic E-state index is 12.7. The molecule has 0 bridgehead atoms. The van der Waals surface area contributed by atoms with Crippen LogP contribution in [-0.4, -0.2) is 32.9 Å². The fraction of sp³-hybridized carbons (Fsp3) is 0.571. The molecule has 1 N–H and O–H groups in total. The van der Waals surface area contributed by atoms with Gasteiger partial charge in [0, 0.05) is 41.9 Å². The normalized spacial score (nSPS) is 23.3. The van der Waals surface area contributed by atoms with E-state index in [0.717, 1.165) is 62.4 Å². The Kier molecular flexibility index (Phi) is 4.22. The highest BCUT2D eigenvalue weighted by molar-refractivity contribution is 5.34. The number of nitrogens with one attached hydrogen (secondary N) is 1. The Morgan fingerprint density at radius 2 is 2.15 bits per heavy atom. The standard InChI is InChI=1S/C21H28N4O/c1-20(2,3)19-23-17-16(18(26)24-19)7-9-21(17)8-5-11-25(14-21)13-15-6-4-10-22-12-15/h4,6,10,12H,5,7-9,11,13-14H2,1-3H3,(H,23,24,26). The fourth-order valence-electron chi connectivity index (χ4n) is 4.52. The van der Waals surface area contributed by atoms with Crippen LogP contribution in [0.5, 0.6) is 0 Å². The highest BCUT2D eigenvalue weighted by atomic mass is 16.1. The molecule has 1 fully saturated rings. The number of hydrogen-bond donors (Lipinski definition) is 1. The van der Waals surface area contributed by atoms with Gasteiger partial charge in [0.15, 0.2) is 0 Å². The van der Waals surface area contributed by atoms with Crippen LogP contribution in [0.4, 0.5) is 0 Å². The minimum absolute atomic E-state index is 0.0318. The average molecular weight is 352 g/mol. The van der Waals surface area contributed by atoms with E-state index in [4.69, 9.17) is 4.98 Å². The molecule has 1 unspecified atom stereocenters. The first-order chi connectivity index (χ1) is 12.4. The van der Waals surface area contributed by atoms with Gasteiger partial charge in [-0.15, -0.1) is 0 Å². The van der Waals surface area contributed by atoms with E-state index in [0.29, 0.717) is 0 Å². The highest BCUT2D eigenvalue weighted by Gasteiger charge is 2.45. The van der Waals surface area contributed by atoms with E-state index in [9.17, 15) is 4.79 Å². The first-order valence-electron chi connectivity index (χ1n) is 9.63. The van der Waals surface area contributed by atoms with Gasteiger partial charge in [0.1, 0.15) is 5.82 Å². The minimum atomic E-state index is -0.151. The van der Waals surface area contributed by atoms with Crippen molar-refractivity contribution in [2.45, 2.75) is 63.8 Å². The van der Waals surface area contributed by atoms with Gasteiger partial charge in [-0.2, -0.15) is 0 Å². The summed E-state index contributed by atoms with van der Waals surface area (Å²) < 4.78 is 0. The van der Waals surface area contributed by atoms with Gasteiger partial charge in [0.25, 0.3) is 5.56 Å². The number of aromatic amines is 1. The van der Waals surface area contributed by atoms with Gasteiger partial charge in [0.2, 0.25) is 0 Å². The summed E-state index contributed by atoms with van der Waals surface area (Å²) >= 11 is 0. The Hall–Kier alpha value is -2.01. The Morgan fingerprint density at radius 3 is 2.88 bits per heavy atom. The molecule has 3 heterocycles. The van der Waals surface area contributed by atoms with Gasteiger partial charge in [-0.1, -0.05) is 26.8 Å². The highest BCUT2D eigenvalue weighted by Crippen LogP contribution is 2.43. The molecule has 1 aliphatic heterocycles. The molecule has 4 rings (SSSR count). The largest absolute Gasteiger partial charge is 0.310 e. The Labute approximate surface area is 154 Å². The molecule has 0 amide bonds. The molecule has 138 valence electrons. The van der Waals surface area contributed by atoms with Crippen molar-refractivity contribution in [1.82, 2.24) is 19.9 Å². The minimum Gasteiger partial charge on any atom is -0.310 e. The molecule has 2 aromatic rings. The Bertz CT molecular complexity index is 853. The summed E-state index contributed by atoms with van der Waals surface area (Å²) in [5.74, 6) is 0.812. The van der Waals surface area contributed by atoms with Crippen LogP contribution in [-0.2, 0) is 23.8 Å². The van der Waals surface area contributed by atoms with Gasteiger partial charge in [0.05, 0.1) is 5.69 Å². The maximum absolute atomic E-state index is 12.7. The fourth-order valence-corrected chi connectivity index (χ4v) is 4.52. The number of nitrogens with zero attached hydrogens (tertiary/aromatic N) is 3. The lowest BCUT2D eigenvalue weighted by Gasteiger charge is -2.40. The van der Waals surface area contributed by atoms with E-state index >= 15 is 0 Å². The second kappa shape index (κ2) is 6.31. The van der Waals surface area contributed by atoms with Gasteiger partial charge in [-0.3, -0.25) is 14.7 Å². The lowest BCUT2D eigenvalue weighted by atomic mass is 9.77. The first-order valence-corrected chi connectivity index (χ1v) is 9.63. The Balaban J connectivity index is 1.66. The molecular weight excluding hydrogens is 324 g/mol. The van der Waals surface area contributed by atoms with E-state index in [1.54, 1.807) is 0 Å². The number of rotatable bonds is 2. The van der Waals surface area contributed by atoms with Crippen molar-refractivity contribution in [1.29, 1.82) is 0 Å². The SMILES string of the molecule is CC(C)(C)c1nc2c(c(=O)[nH]1)CCC21CCCN(Cc2cccnc2)C1. The predicted molar refractivity (Wildman–Crippen MR) is 102 cm³/mol. The third-order valence-electron chi connectivity index (χ3n) is 5.87. The number of fused-ring (bicyclic) bond motifs is 2. The lowest BCUT2D eigenvalue weighted by molar-refractivity contribution is 0.136. The number of aromatic nitrogens is 3. The monoisotopic (exact) mass is 352 g/mol. The summed E-state index contributed by atoms with van der Waals surface area (Å²) in [5.41, 5.74) is 3.19. The van der Waals surface area contributed by atoms with Crippen molar-refractivity contribution < 1.29 is 0 Å². The van der Waals surface area contributed by atoms with Crippen LogP contribution in [0.1, 0.15) is 62.7 Å². The van der Waals surface area contributed by atoms with Gasteiger partial charge in [-0.25, -0.2) is 4.98 Å². The summed E-state index contributed by atoms with van der Waals surface area (Å²) in [6.07, 6.45) is 7.93. The van der Waals surface area contributed by atoms with E-state index in [1.807, 2.05) is 18.5 Å². The van der Waals surface area contributed by atoms with Crippen molar-refractivity contribution in [3.05, 3.63) is 57.5 Å². The van der Waals surface area contributed by atoms with Crippen LogP contribution in [0.25, 0.3) is 0 Å². The predicted octanol–water partition coefficient (Wildman–Crippen LogP) is 2.94. The number of piperidine rings is 1. The molecule has 0 aromatic carbocycles. The van der Waals surface area contributed by atoms with Gasteiger partial charge in [-0.05, 0) is 43.9 Å². The van der Waals surface area contributed by atoms with Crippen molar-refractivity contribution >= 4 is 0 Å². The molecule has 1 atom stereocenters. The molecule has 0 saturated carbocycles. The molecule has 1 aliphatic carbocycles. The van der Waals surface area contributed by atoms with E-state index in [1.165, 1.54) is 5.56 Å². The van der Waals surface area contributed by atoms with Crippen LogP contribution in [0.3, 0.4) is 0 Å². The summed E-state index contributed by atoms with van der Waals surface area (Å²) in [7, 11) is 0. The molecule has 5 nitrogen and oxygen atoms in total. The van der Waals surface area contributed by atoms with Crippen molar-refractivity contribution in [3.63, 3.8) is 0 Å². The number of hydrogen-bond acceptors (Lipinski definition) is 4. The second-order valence-electron chi connectivity index (χ2n) is 8.95. The zero-order valence-electron chi connectivity index (χ0n) is 16.0. The Morgan fingerprint density at radius 1 is 1.31 bits per heavy atom. The molecule has 26 heavy (non-hydrogen) atoms. The molecule has 5 heteroatoms. The van der Waals surface area contributed by atoms with E-state index in [-0.39, 0.29) is 16.4 Å². The van der Waals surface area contributed by atoms with Crippen molar-refractivity contribution in [2.24, 2.45) is 0 Å². The van der Waals surface area contributed by atoms with Crippen molar-refractivity contribution in [2.75, 3.05) is 13.1 Å². The number of H-pyrrole nitrogens is 1. The third-order valence-corrected chi connectivity index (χ3v) is 5.87. The summed E-state index contributed by atoms with van der Waals surface area (Å²) in [5, 5.41) is 0. The molecule has 2 aliphatic rings.